The van der Waals surface area contributed by atoms with Gasteiger partial charge in [0.05, 0.1) is 18.7 Å². The Labute approximate surface area is 146 Å². The molecule has 0 radical (unpaired) electrons. The van der Waals surface area contributed by atoms with E-state index in [9.17, 15) is 4.79 Å². The van der Waals surface area contributed by atoms with Crippen molar-refractivity contribution < 1.29 is 4.79 Å². The van der Waals surface area contributed by atoms with E-state index in [1.54, 1.807) is 23.3 Å². The molecule has 1 amide bonds. The lowest BCUT2D eigenvalue weighted by Crippen LogP contribution is -2.31. The first-order valence-corrected chi connectivity index (χ1v) is 8.40. The second-order valence-electron chi connectivity index (χ2n) is 5.72. The van der Waals surface area contributed by atoms with E-state index in [4.69, 9.17) is 0 Å². The average molecular weight is 335 g/mol. The van der Waals surface area contributed by atoms with Crippen LogP contribution in [0.1, 0.15) is 24.8 Å². The van der Waals surface area contributed by atoms with Crippen molar-refractivity contribution in [3.8, 4) is 11.4 Å². The van der Waals surface area contributed by atoms with Crippen molar-refractivity contribution in [2.75, 3.05) is 6.54 Å². The number of hydrogen-bond donors (Lipinski definition) is 1. The minimum Gasteiger partial charge on any atom is -0.354 e. The molecule has 25 heavy (non-hydrogen) atoms. The van der Waals surface area contributed by atoms with Crippen LogP contribution in [0.15, 0.2) is 61.2 Å². The Morgan fingerprint density at radius 1 is 1.16 bits per heavy atom. The van der Waals surface area contributed by atoms with Crippen molar-refractivity contribution in [2.45, 2.75) is 25.8 Å². The summed E-state index contributed by atoms with van der Waals surface area (Å²) >= 11 is 0. The molecule has 0 fully saturated rings. The predicted octanol–water partition coefficient (Wildman–Crippen LogP) is 2.65. The normalized spacial score (nSPS) is 11.9. The van der Waals surface area contributed by atoms with E-state index in [0.717, 1.165) is 23.4 Å². The summed E-state index contributed by atoms with van der Waals surface area (Å²) in [5.41, 5.74) is 2.56. The molecule has 0 saturated heterocycles. The first-order valence-electron chi connectivity index (χ1n) is 8.40. The van der Waals surface area contributed by atoms with E-state index in [1.807, 2.05) is 49.5 Å². The van der Waals surface area contributed by atoms with Crippen LogP contribution in [0.2, 0.25) is 0 Å². The fourth-order valence-electron chi connectivity index (χ4n) is 2.73. The first kappa shape index (κ1) is 16.8. The molecule has 6 heteroatoms. The molecule has 2 aromatic heterocycles. The van der Waals surface area contributed by atoms with Gasteiger partial charge >= 0.3 is 0 Å². The highest BCUT2D eigenvalue weighted by Gasteiger charge is 2.17. The molecule has 0 saturated carbocycles. The van der Waals surface area contributed by atoms with Gasteiger partial charge in [0.2, 0.25) is 5.91 Å². The molecule has 3 rings (SSSR count). The van der Waals surface area contributed by atoms with Gasteiger partial charge in [-0.15, -0.1) is 0 Å². The lowest BCUT2D eigenvalue weighted by atomic mass is 9.96. The minimum atomic E-state index is -0.117. The van der Waals surface area contributed by atoms with E-state index in [-0.39, 0.29) is 11.8 Å². The molecule has 0 unspecified atom stereocenters. The molecule has 0 spiro atoms. The van der Waals surface area contributed by atoms with Gasteiger partial charge in [-0.05, 0) is 18.1 Å². The van der Waals surface area contributed by atoms with Crippen LogP contribution in [0.5, 0.6) is 0 Å². The highest BCUT2D eigenvalue weighted by atomic mass is 16.1. The van der Waals surface area contributed by atoms with E-state index in [2.05, 4.69) is 20.4 Å². The minimum absolute atomic E-state index is 0.0509. The quantitative estimate of drug-likeness (QED) is 0.720. The molecule has 128 valence electrons. The van der Waals surface area contributed by atoms with Gasteiger partial charge in [0.1, 0.15) is 11.4 Å². The molecular weight excluding hydrogens is 314 g/mol. The summed E-state index contributed by atoms with van der Waals surface area (Å²) < 4.78 is 1.80. The monoisotopic (exact) mass is 335 g/mol. The van der Waals surface area contributed by atoms with Gasteiger partial charge in [-0.3, -0.25) is 19.4 Å². The van der Waals surface area contributed by atoms with Crippen molar-refractivity contribution in [1.29, 1.82) is 0 Å². The number of nitrogens with one attached hydrogen (secondary N) is 1. The van der Waals surface area contributed by atoms with Crippen molar-refractivity contribution >= 4 is 5.91 Å². The van der Waals surface area contributed by atoms with E-state index < -0.39 is 0 Å². The number of carbonyl (C=O) groups excluding carboxylic acids is 1. The maximum atomic E-state index is 12.4. The van der Waals surface area contributed by atoms with Gasteiger partial charge in [0.15, 0.2) is 0 Å². The Balaban J connectivity index is 1.54. The highest BCUT2D eigenvalue weighted by molar-refractivity contribution is 5.83. The van der Waals surface area contributed by atoms with E-state index in [0.29, 0.717) is 13.1 Å². The van der Waals surface area contributed by atoms with Crippen LogP contribution >= 0.6 is 0 Å². The van der Waals surface area contributed by atoms with Crippen molar-refractivity contribution in [3.63, 3.8) is 0 Å². The zero-order valence-electron chi connectivity index (χ0n) is 14.2. The first-order chi connectivity index (χ1) is 12.3. The number of hydrogen-bond acceptors (Lipinski definition) is 4. The van der Waals surface area contributed by atoms with Crippen molar-refractivity contribution in [2.24, 2.45) is 0 Å². The molecule has 6 nitrogen and oxygen atoms in total. The third-order valence-electron chi connectivity index (χ3n) is 4.03. The second kappa shape index (κ2) is 8.19. The number of rotatable bonds is 7. The van der Waals surface area contributed by atoms with Crippen LogP contribution in [0, 0.1) is 0 Å². The average Bonchev–Trinajstić information content (AvgIpc) is 3.13. The Bertz CT molecular complexity index is 801. The summed E-state index contributed by atoms with van der Waals surface area (Å²) in [6, 6.07) is 11.8. The maximum Gasteiger partial charge on any atom is 0.227 e. The summed E-state index contributed by atoms with van der Waals surface area (Å²) in [4.78, 5) is 20.7. The van der Waals surface area contributed by atoms with Crippen LogP contribution in [0.25, 0.3) is 11.4 Å². The third-order valence-corrected chi connectivity index (χ3v) is 4.03. The largest absolute Gasteiger partial charge is 0.354 e. The van der Waals surface area contributed by atoms with Crippen LogP contribution in [-0.4, -0.2) is 32.2 Å². The lowest BCUT2D eigenvalue weighted by Gasteiger charge is -2.15. The summed E-state index contributed by atoms with van der Waals surface area (Å²) in [6.07, 6.45) is 7.61. The molecule has 0 aliphatic rings. The van der Waals surface area contributed by atoms with Crippen LogP contribution in [0.3, 0.4) is 0 Å². The third kappa shape index (κ3) is 4.29. The fourth-order valence-corrected chi connectivity index (χ4v) is 2.73. The van der Waals surface area contributed by atoms with Crippen molar-refractivity contribution in [1.82, 2.24) is 25.1 Å². The molecule has 1 aromatic carbocycles. The maximum absolute atomic E-state index is 12.4. The van der Waals surface area contributed by atoms with Crippen LogP contribution in [-0.2, 0) is 11.3 Å². The topological polar surface area (TPSA) is 72.7 Å². The zero-order valence-corrected chi connectivity index (χ0v) is 14.2. The predicted molar refractivity (Wildman–Crippen MR) is 95.7 cm³/mol. The molecule has 0 aliphatic carbocycles. The number of aromatic nitrogens is 4. The zero-order chi connectivity index (χ0) is 17.5. The molecule has 0 aliphatic heterocycles. The van der Waals surface area contributed by atoms with Crippen LogP contribution < -0.4 is 5.32 Å². The van der Waals surface area contributed by atoms with Crippen molar-refractivity contribution in [3.05, 3.63) is 66.7 Å². The van der Waals surface area contributed by atoms with Gasteiger partial charge in [-0.1, -0.05) is 37.3 Å². The summed E-state index contributed by atoms with van der Waals surface area (Å²) in [5, 5.41) is 7.47. The Hall–Kier alpha value is -3.02. The Kier molecular flexibility index (Phi) is 5.51. The molecule has 3 aromatic rings. The molecule has 2 heterocycles. The summed E-state index contributed by atoms with van der Waals surface area (Å²) in [6.45, 7) is 3.17. The fraction of sp³-hybridized carbons (Fsp3) is 0.263. The lowest BCUT2D eigenvalue weighted by molar-refractivity contribution is -0.122. The van der Waals surface area contributed by atoms with Gasteiger partial charge < -0.3 is 5.32 Å². The SMILES string of the molecule is CC[C@@H](C(=O)NCCn1ccc(-c2cnccn2)n1)c1ccccc1. The summed E-state index contributed by atoms with van der Waals surface area (Å²) in [5.74, 6) is -0.0658. The number of carbonyl (C=O) groups is 1. The highest BCUT2D eigenvalue weighted by Crippen LogP contribution is 2.19. The van der Waals surface area contributed by atoms with Gasteiger partial charge in [0, 0.05) is 25.1 Å². The smallest absolute Gasteiger partial charge is 0.227 e. The Morgan fingerprint density at radius 2 is 2.00 bits per heavy atom. The molecule has 1 N–H and O–H groups in total. The number of amides is 1. The molecular formula is C19H21N5O. The van der Waals surface area contributed by atoms with Crippen LogP contribution in [0.4, 0.5) is 0 Å². The van der Waals surface area contributed by atoms with Gasteiger partial charge in [-0.25, -0.2) is 0 Å². The molecule has 1 atom stereocenters. The summed E-state index contributed by atoms with van der Waals surface area (Å²) in [7, 11) is 0. The molecule has 0 bridgehead atoms. The standard InChI is InChI=1S/C19H21N5O/c1-2-16(15-6-4-3-5-7-15)19(25)22-11-13-24-12-8-17(23-24)18-14-20-9-10-21-18/h3-10,12,14,16H,2,11,13H2,1H3,(H,22,25)/t16-/m1/s1. The van der Waals surface area contributed by atoms with Gasteiger partial charge in [-0.2, -0.15) is 5.10 Å². The van der Waals surface area contributed by atoms with Gasteiger partial charge in [0.25, 0.3) is 0 Å². The van der Waals surface area contributed by atoms with E-state index >= 15 is 0 Å². The van der Waals surface area contributed by atoms with E-state index in [1.165, 1.54) is 0 Å². The second-order valence-corrected chi connectivity index (χ2v) is 5.72. The Morgan fingerprint density at radius 3 is 2.72 bits per heavy atom. The number of benzene rings is 1. The number of nitrogens with zero attached hydrogens (tertiary/aromatic N) is 4.